The summed E-state index contributed by atoms with van der Waals surface area (Å²) in [7, 11) is 0. The first kappa shape index (κ1) is 19.0. The number of nitrogens with zero attached hydrogens (tertiary/aromatic N) is 2. The summed E-state index contributed by atoms with van der Waals surface area (Å²) >= 11 is 6.24. The summed E-state index contributed by atoms with van der Waals surface area (Å²) in [6.45, 7) is 7.42. The Hall–Kier alpha value is -2.29. The number of rotatable bonds is 4. The lowest BCUT2D eigenvalue weighted by atomic mass is 10.1. The van der Waals surface area contributed by atoms with Crippen LogP contribution in [0.25, 0.3) is 0 Å². The van der Waals surface area contributed by atoms with Crippen LogP contribution in [0.2, 0.25) is 5.28 Å². The van der Waals surface area contributed by atoms with Crippen LogP contribution in [0.4, 0.5) is 0 Å². The van der Waals surface area contributed by atoms with Gasteiger partial charge in [0.1, 0.15) is 11.3 Å². The molecule has 0 aliphatic heterocycles. The highest BCUT2D eigenvalue weighted by Gasteiger charge is 2.23. The maximum atomic E-state index is 12.4. The number of carbonyl (C=O) groups excluding carboxylic acids is 1. The molecule has 1 heterocycles. The van der Waals surface area contributed by atoms with E-state index in [1.165, 1.54) is 0 Å². The molecule has 6 heteroatoms. The zero-order chi connectivity index (χ0) is 18.6. The number of hydrogen-bond donors (Lipinski definition) is 1. The van der Waals surface area contributed by atoms with E-state index in [1.54, 1.807) is 25.3 Å². The highest BCUT2D eigenvalue weighted by Crippen LogP contribution is 2.20. The second-order valence-electron chi connectivity index (χ2n) is 6.18. The summed E-state index contributed by atoms with van der Waals surface area (Å²) in [6, 6.07) is 7.89. The molecule has 0 fully saturated rings. The van der Waals surface area contributed by atoms with E-state index in [-0.39, 0.29) is 23.3 Å². The number of benzene rings is 1. The summed E-state index contributed by atoms with van der Waals surface area (Å²) < 4.78 is 6.69. The average Bonchev–Trinajstić information content (AvgIpc) is 2.83. The first-order valence-corrected chi connectivity index (χ1v) is 8.33. The number of aliphatic hydroxyl groups is 1. The van der Waals surface area contributed by atoms with Crippen molar-refractivity contribution in [2.24, 2.45) is 0 Å². The monoisotopic (exact) mass is 360 g/mol. The van der Waals surface area contributed by atoms with Gasteiger partial charge in [0.25, 0.3) is 0 Å². The highest BCUT2D eigenvalue weighted by atomic mass is 35.5. The van der Waals surface area contributed by atoms with E-state index >= 15 is 0 Å². The normalized spacial score (nSPS) is 11.0. The molecule has 0 aliphatic rings. The van der Waals surface area contributed by atoms with Gasteiger partial charge in [-0.1, -0.05) is 35.7 Å². The molecule has 1 aromatic heterocycles. The van der Waals surface area contributed by atoms with Crippen LogP contribution in [0.3, 0.4) is 0 Å². The largest absolute Gasteiger partial charge is 0.461 e. The topological polar surface area (TPSA) is 64.3 Å². The summed E-state index contributed by atoms with van der Waals surface area (Å²) in [6.07, 6.45) is 0. The quantitative estimate of drug-likeness (QED) is 0.671. The number of carbonyl (C=O) groups is 1. The number of esters is 1. The number of ether oxygens (including phenoxy) is 1. The van der Waals surface area contributed by atoms with Gasteiger partial charge >= 0.3 is 5.97 Å². The van der Waals surface area contributed by atoms with Crippen LogP contribution in [0.1, 0.15) is 48.1 Å². The zero-order valence-corrected chi connectivity index (χ0v) is 15.5. The minimum Gasteiger partial charge on any atom is -0.461 e. The van der Waals surface area contributed by atoms with Crippen LogP contribution >= 0.6 is 11.6 Å². The minimum absolute atomic E-state index is 0.142. The van der Waals surface area contributed by atoms with Crippen molar-refractivity contribution < 1.29 is 14.6 Å². The molecule has 132 valence electrons. The van der Waals surface area contributed by atoms with Crippen molar-refractivity contribution in [2.75, 3.05) is 6.61 Å². The third-order valence-corrected chi connectivity index (χ3v) is 3.63. The molecule has 0 saturated carbocycles. The van der Waals surface area contributed by atoms with Gasteiger partial charge in [0, 0.05) is 0 Å². The van der Waals surface area contributed by atoms with Crippen molar-refractivity contribution in [3.8, 4) is 11.8 Å². The Labute approximate surface area is 152 Å². The Morgan fingerprint density at radius 2 is 2.00 bits per heavy atom. The molecule has 0 bridgehead atoms. The van der Waals surface area contributed by atoms with Crippen molar-refractivity contribution in [3.05, 3.63) is 52.1 Å². The number of halogens is 1. The molecule has 25 heavy (non-hydrogen) atoms. The van der Waals surface area contributed by atoms with E-state index in [9.17, 15) is 9.90 Å². The number of aryl methyl sites for hydroxylation is 1. The predicted octanol–water partition coefficient (Wildman–Crippen LogP) is 3.19. The number of imidazole rings is 1. The fourth-order valence-electron chi connectivity index (χ4n) is 2.15. The van der Waals surface area contributed by atoms with Gasteiger partial charge in [0.05, 0.1) is 13.2 Å². The van der Waals surface area contributed by atoms with E-state index in [4.69, 9.17) is 16.3 Å². The summed E-state index contributed by atoms with van der Waals surface area (Å²) in [5.41, 5.74) is 1.28. The molecule has 5 nitrogen and oxygen atoms in total. The highest BCUT2D eigenvalue weighted by molar-refractivity contribution is 6.28. The molecule has 1 aromatic carbocycles. The van der Waals surface area contributed by atoms with E-state index in [0.717, 1.165) is 11.1 Å². The number of aromatic nitrogens is 2. The smallest absolute Gasteiger partial charge is 0.358 e. The van der Waals surface area contributed by atoms with Gasteiger partial charge in [-0.05, 0) is 50.8 Å². The average molecular weight is 361 g/mol. The zero-order valence-electron chi connectivity index (χ0n) is 14.8. The molecule has 2 rings (SSSR count). The van der Waals surface area contributed by atoms with Gasteiger partial charge in [-0.2, -0.15) is 0 Å². The lowest BCUT2D eigenvalue weighted by Gasteiger charge is -2.10. The van der Waals surface area contributed by atoms with Crippen molar-refractivity contribution in [2.45, 2.75) is 39.8 Å². The Morgan fingerprint density at radius 3 is 2.56 bits per heavy atom. The molecular weight excluding hydrogens is 340 g/mol. The van der Waals surface area contributed by atoms with Crippen molar-refractivity contribution >= 4 is 17.6 Å². The Kier molecular flexibility index (Phi) is 5.89. The van der Waals surface area contributed by atoms with E-state index in [1.807, 2.05) is 31.2 Å². The molecule has 0 aliphatic carbocycles. The van der Waals surface area contributed by atoms with E-state index in [0.29, 0.717) is 6.54 Å². The van der Waals surface area contributed by atoms with Crippen molar-refractivity contribution in [1.82, 2.24) is 9.55 Å². The van der Waals surface area contributed by atoms with Crippen LogP contribution in [-0.2, 0) is 11.3 Å². The molecule has 1 N–H and O–H groups in total. The minimum atomic E-state index is -1.21. The van der Waals surface area contributed by atoms with Crippen molar-refractivity contribution in [1.29, 1.82) is 0 Å². The molecule has 0 unspecified atom stereocenters. The van der Waals surface area contributed by atoms with Gasteiger partial charge in [-0.3, -0.25) is 0 Å². The third kappa shape index (κ3) is 5.09. The van der Waals surface area contributed by atoms with Crippen LogP contribution in [-0.4, -0.2) is 32.8 Å². The van der Waals surface area contributed by atoms with Gasteiger partial charge in [-0.15, -0.1) is 0 Å². The molecule has 0 radical (unpaired) electrons. The Bertz CT molecular complexity index is 821. The van der Waals surface area contributed by atoms with E-state index in [2.05, 4.69) is 16.8 Å². The number of hydrogen-bond acceptors (Lipinski definition) is 4. The van der Waals surface area contributed by atoms with Gasteiger partial charge in [0.2, 0.25) is 5.28 Å². The van der Waals surface area contributed by atoms with E-state index < -0.39 is 11.6 Å². The maximum absolute atomic E-state index is 12.4. The standard InChI is InChI=1S/C19H21ClN2O3/c1-5-25-17(23)16-15(10-11-19(3,4)24)21-18(20)22(16)12-14-8-6-13(2)7-9-14/h6-9,24H,5,12H2,1-4H3. The summed E-state index contributed by atoms with van der Waals surface area (Å²) in [4.78, 5) is 16.6. The fraction of sp³-hybridized carbons (Fsp3) is 0.368. The van der Waals surface area contributed by atoms with Crippen molar-refractivity contribution in [3.63, 3.8) is 0 Å². The fourth-order valence-corrected chi connectivity index (χ4v) is 2.38. The third-order valence-electron chi connectivity index (χ3n) is 3.34. The van der Waals surface area contributed by atoms with Gasteiger partial charge < -0.3 is 14.4 Å². The maximum Gasteiger partial charge on any atom is 0.358 e. The second kappa shape index (κ2) is 7.73. The molecular formula is C19H21ClN2O3. The van der Waals surface area contributed by atoms with Gasteiger partial charge in [-0.25, -0.2) is 9.78 Å². The molecule has 0 amide bonds. The van der Waals surface area contributed by atoms with Crippen LogP contribution in [0.5, 0.6) is 0 Å². The lowest BCUT2D eigenvalue weighted by molar-refractivity contribution is 0.0514. The Morgan fingerprint density at radius 1 is 1.36 bits per heavy atom. The lowest BCUT2D eigenvalue weighted by Crippen LogP contribution is -2.16. The molecule has 2 aromatic rings. The first-order valence-electron chi connectivity index (χ1n) is 7.95. The SMILES string of the molecule is CCOC(=O)c1c(C#CC(C)(C)O)nc(Cl)n1Cc1ccc(C)cc1. The first-order chi connectivity index (χ1) is 11.7. The predicted molar refractivity (Wildman–Crippen MR) is 96.7 cm³/mol. The Balaban J connectivity index is 2.50. The summed E-state index contributed by atoms with van der Waals surface area (Å²) in [5, 5.41) is 9.93. The van der Waals surface area contributed by atoms with Crippen LogP contribution in [0, 0.1) is 18.8 Å². The summed E-state index contributed by atoms with van der Waals surface area (Å²) in [5.74, 6) is 4.83. The van der Waals surface area contributed by atoms with Crippen LogP contribution < -0.4 is 0 Å². The van der Waals surface area contributed by atoms with Gasteiger partial charge in [0.15, 0.2) is 5.69 Å². The molecule has 0 atom stereocenters. The molecule has 0 spiro atoms. The molecule has 0 saturated heterocycles. The van der Waals surface area contributed by atoms with Crippen LogP contribution in [0.15, 0.2) is 24.3 Å². The second-order valence-corrected chi connectivity index (χ2v) is 6.52.